The molecule has 1 aliphatic rings. The van der Waals surface area contributed by atoms with Crippen molar-refractivity contribution in [2.24, 2.45) is 5.73 Å². The summed E-state index contributed by atoms with van der Waals surface area (Å²) in [5.74, 6) is -5.09. The fourth-order valence-corrected chi connectivity index (χ4v) is 3.50. The lowest BCUT2D eigenvalue weighted by Gasteiger charge is -2.27. The topological polar surface area (TPSA) is 104 Å². The van der Waals surface area contributed by atoms with Crippen molar-refractivity contribution in [1.29, 1.82) is 0 Å². The minimum atomic E-state index is -4.92. The first-order chi connectivity index (χ1) is 15.3. The molecule has 13 heteroatoms. The van der Waals surface area contributed by atoms with Crippen LogP contribution in [0.25, 0.3) is 0 Å². The molecule has 2 aromatic rings. The minimum Gasteiger partial charge on any atom is -0.434 e. The highest BCUT2D eigenvalue weighted by Gasteiger charge is 2.61. The molecule has 2 amide bonds. The highest BCUT2D eigenvalue weighted by atomic mass is 19.4. The minimum absolute atomic E-state index is 0.0186. The third-order valence-corrected chi connectivity index (χ3v) is 5.09. The van der Waals surface area contributed by atoms with Crippen LogP contribution in [0.5, 0.6) is 5.75 Å². The zero-order valence-corrected chi connectivity index (χ0v) is 16.8. The Morgan fingerprint density at radius 1 is 1.27 bits per heavy atom. The lowest BCUT2D eigenvalue weighted by molar-refractivity contribution is -0.261. The number of alkyl halides is 5. The van der Waals surface area contributed by atoms with Gasteiger partial charge in [0.2, 0.25) is 0 Å². The van der Waals surface area contributed by atoms with Gasteiger partial charge in [-0.3, -0.25) is 14.6 Å². The maximum Gasteiger partial charge on any atom is 0.417 e. The summed E-state index contributed by atoms with van der Waals surface area (Å²) in [5.41, 5.74) is 1.80. The van der Waals surface area contributed by atoms with Crippen molar-refractivity contribution in [2.45, 2.75) is 43.8 Å². The van der Waals surface area contributed by atoms with Crippen molar-refractivity contribution in [2.75, 3.05) is 5.32 Å². The summed E-state index contributed by atoms with van der Waals surface area (Å²) >= 11 is 0. The van der Waals surface area contributed by atoms with Gasteiger partial charge in [-0.2, -0.15) is 22.0 Å². The summed E-state index contributed by atoms with van der Waals surface area (Å²) in [7, 11) is 0. The SMILES string of the molecule is C[C@@]1(C(F)(F)F)C[C@H](c2ccc(F)cc2OC(F)F)[C@@H](C(=O)Nc2ccnc(C(N)=O)c2)O1. The van der Waals surface area contributed by atoms with Crippen LogP contribution in [-0.4, -0.2) is 41.3 Å². The van der Waals surface area contributed by atoms with E-state index in [1.54, 1.807) is 0 Å². The van der Waals surface area contributed by atoms with Crippen LogP contribution < -0.4 is 15.8 Å². The van der Waals surface area contributed by atoms with E-state index < -0.39 is 60.2 Å². The molecular weight excluding hydrogens is 460 g/mol. The Morgan fingerprint density at radius 3 is 2.58 bits per heavy atom. The molecule has 1 fully saturated rings. The number of amides is 2. The number of nitrogens with zero attached hydrogens (tertiary/aromatic N) is 1. The van der Waals surface area contributed by atoms with Crippen LogP contribution >= 0.6 is 0 Å². The molecule has 3 rings (SSSR count). The van der Waals surface area contributed by atoms with E-state index in [2.05, 4.69) is 15.0 Å². The monoisotopic (exact) mass is 477 g/mol. The van der Waals surface area contributed by atoms with Crippen LogP contribution in [0.2, 0.25) is 0 Å². The van der Waals surface area contributed by atoms with Gasteiger partial charge in [0.25, 0.3) is 11.8 Å². The summed E-state index contributed by atoms with van der Waals surface area (Å²) < 4.78 is 89.7. The van der Waals surface area contributed by atoms with Crippen LogP contribution in [0, 0.1) is 5.82 Å². The van der Waals surface area contributed by atoms with E-state index in [0.29, 0.717) is 13.0 Å². The maximum absolute atomic E-state index is 13.7. The second-order valence-corrected chi connectivity index (χ2v) is 7.42. The number of carbonyl (C=O) groups is 2. The Kier molecular flexibility index (Phi) is 6.54. The molecule has 0 bridgehead atoms. The van der Waals surface area contributed by atoms with E-state index >= 15 is 0 Å². The van der Waals surface area contributed by atoms with E-state index in [-0.39, 0.29) is 16.9 Å². The molecule has 0 unspecified atom stereocenters. The first kappa shape index (κ1) is 24.3. The maximum atomic E-state index is 13.7. The normalized spacial score (nSPS) is 22.9. The number of rotatable bonds is 6. The molecular formula is C20H17F6N3O4. The second-order valence-electron chi connectivity index (χ2n) is 7.42. The number of nitrogens with two attached hydrogens (primary N) is 1. The number of benzene rings is 1. The molecule has 7 nitrogen and oxygen atoms in total. The third kappa shape index (κ3) is 5.18. The van der Waals surface area contributed by atoms with Gasteiger partial charge in [0, 0.05) is 29.4 Å². The molecule has 178 valence electrons. The number of ether oxygens (including phenoxy) is 2. The Bertz CT molecular complexity index is 1060. The first-order valence-corrected chi connectivity index (χ1v) is 9.36. The fourth-order valence-electron chi connectivity index (χ4n) is 3.50. The Labute approximate surface area is 182 Å². The number of nitrogens with one attached hydrogen (secondary N) is 1. The molecule has 3 atom stereocenters. The van der Waals surface area contributed by atoms with E-state index in [4.69, 9.17) is 10.5 Å². The molecule has 1 aromatic carbocycles. The van der Waals surface area contributed by atoms with E-state index in [0.717, 1.165) is 24.4 Å². The second kappa shape index (κ2) is 8.89. The third-order valence-electron chi connectivity index (χ3n) is 5.09. The van der Waals surface area contributed by atoms with Crippen molar-refractivity contribution < 1.29 is 45.4 Å². The molecule has 2 heterocycles. The van der Waals surface area contributed by atoms with Crippen LogP contribution in [0.4, 0.5) is 32.0 Å². The number of carbonyl (C=O) groups excluding carboxylic acids is 2. The van der Waals surface area contributed by atoms with Gasteiger partial charge in [-0.05, 0) is 31.5 Å². The van der Waals surface area contributed by atoms with E-state index in [1.807, 2.05) is 0 Å². The lowest BCUT2D eigenvalue weighted by atomic mass is 9.86. The largest absolute Gasteiger partial charge is 0.434 e. The molecule has 0 aliphatic carbocycles. The number of anilines is 1. The first-order valence-electron chi connectivity index (χ1n) is 9.36. The predicted octanol–water partition coefficient (Wildman–Crippen LogP) is 3.75. The summed E-state index contributed by atoms with van der Waals surface area (Å²) in [4.78, 5) is 27.8. The number of hydrogen-bond donors (Lipinski definition) is 2. The van der Waals surface area contributed by atoms with Crippen molar-refractivity contribution >= 4 is 17.5 Å². The van der Waals surface area contributed by atoms with Crippen LogP contribution in [0.3, 0.4) is 0 Å². The van der Waals surface area contributed by atoms with Gasteiger partial charge in [-0.15, -0.1) is 0 Å². The molecule has 0 saturated carbocycles. The summed E-state index contributed by atoms with van der Waals surface area (Å²) in [6, 6.07) is 4.73. The lowest BCUT2D eigenvalue weighted by Crippen LogP contribution is -2.43. The van der Waals surface area contributed by atoms with E-state index in [1.165, 1.54) is 6.07 Å². The number of pyridine rings is 1. The smallest absolute Gasteiger partial charge is 0.417 e. The van der Waals surface area contributed by atoms with Crippen molar-refractivity contribution in [1.82, 2.24) is 4.98 Å². The average molecular weight is 477 g/mol. The van der Waals surface area contributed by atoms with Gasteiger partial charge >= 0.3 is 12.8 Å². The fraction of sp³-hybridized carbons (Fsp3) is 0.350. The highest BCUT2D eigenvalue weighted by Crippen LogP contribution is 2.51. The number of halogens is 6. The Balaban J connectivity index is 2.00. The van der Waals surface area contributed by atoms with E-state index in [9.17, 15) is 35.9 Å². The van der Waals surface area contributed by atoms with Crippen LogP contribution in [0.1, 0.15) is 35.3 Å². The quantitative estimate of drug-likeness (QED) is 0.617. The van der Waals surface area contributed by atoms with Crippen LogP contribution in [-0.2, 0) is 9.53 Å². The van der Waals surface area contributed by atoms with Gasteiger partial charge in [-0.1, -0.05) is 6.07 Å². The summed E-state index contributed by atoms with van der Waals surface area (Å²) in [6.45, 7) is -2.68. The van der Waals surface area contributed by atoms with Gasteiger partial charge < -0.3 is 20.5 Å². The molecule has 1 aromatic heterocycles. The predicted molar refractivity (Wildman–Crippen MR) is 101 cm³/mol. The molecule has 1 aliphatic heterocycles. The number of aromatic nitrogens is 1. The van der Waals surface area contributed by atoms with Crippen molar-refractivity contribution in [3.05, 3.63) is 53.6 Å². The summed E-state index contributed by atoms with van der Waals surface area (Å²) in [5, 5.41) is 2.30. The van der Waals surface area contributed by atoms with Crippen LogP contribution in [0.15, 0.2) is 36.5 Å². The molecule has 3 N–H and O–H groups in total. The zero-order chi connectivity index (χ0) is 24.6. The van der Waals surface area contributed by atoms with Gasteiger partial charge in [0.1, 0.15) is 23.4 Å². The average Bonchev–Trinajstić information content (AvgIpc) is 3.07. The molecule has 1 saturated heterocycles. The zero-order valence-electron chi connectivity index (χ0n) is 16.8. The van der Waals surface area contributed by atoms with Gasteiger partial charge in [0.15, 0.2) is 5.60 Å². The molecule has 0 radical (unpaired) electrons. The highest BCUT2D eigenvalue weighted by molar-refractivity contribution is 5.97. The van der Waals surface area contributed by atoms with Gasteiger partial charge in [0.05, 0.1) is 0 Å². The summed E-state index contributed by atoms with van der Waals surface area (Å²) in [6.07, 6.45) is -6.44. The molecule has 0 spiro atoms. The standard InChI is InChI=1S/C20H17F6N3O4/c1-19(20(24,25)26)8-12(11-3-2-9(21)6-14(11)32-18(22)23)15(33-19)17(31)29-10-4-5-28-13(7-10)16(27)30/h2-7,12,15,18H,8H2,1H3,(H2,27,30)(H,28,29,31)/t12-,15+,19+/m1/s1. The Morgan fingerprint density at radius 2 is 1.97 bits per heavy atom. The Hall–Kier alpha value is -3.35. The number of primary amides is 1. The molecule has 33 heavy (non-hydrogen) atoms. The van der Waals surface area contributed by atoms with Gasteiger partial charge in [-0.25, -0.2) is 4.39 Å². The number of hydrogen-bond acceptors (Lipinski definition) is 5. The van der Waals surface area contributed by atoms with Crippen molar-refractivity contribution in [3.8, 4) is 5.75 Å². The van der Waals surface area contributed by atoms with Crippen molar-refractivity contribution in [3.63, 3.8) is 0 Å².